The minimum atomic E-state index is -1.01. The van der Waals surface area contributed by atoms with E-state index < -0.39 is 23.9 Å². The Morgan fingerprint density at radius 3 is 2.62 bits per heavy atom. The van der Waals surface area contributed by atoms with Crippen LogP contribution in [0.2, 0.25) is 5.02 Å². The summed E-state index contributed by atoms with van der Waals surface area (Å²) in [6.45, 7) is -0.0517. The summed E-state index contributed by atoms with van der Waals surface area (Å²) >= 11 is 5.82. The number of piperidine rings is 1. The first-order valence-electron chi connectivity index (χ1n) is 11.8. The molecule has 1 saturated carbocycles. The van der Waals surface area contributed by atoms with Gasteiger partial charge in [0.25, 0.3) is 0 Å². The zero-order valence-electron chi connectivity index (χ0n) is 19.6. The highest BCUT2D eigenvalue weighted by molar-refractivity contribution is 6.30. The number of likely N-dealkylation sites (tertiary alicyclic amines) is 1. The second-order valence-electron chi connectivity index (χ2n) is 9.51. The molecule has 0 bridgehead atoms. The molecule has 11 heteroatoms. The molecular formula is C26H24ClFN4O5. The molecule has 3 amide bonds. The van der Waals surface area contributed by atoms with E-state index in [9.17, 15) is 23.6 Å². The number of nitrogens with zero attached hydrogens (tertiary/aromatic N) is 2. The number of carbonyl (C=O) groups is 4. The van der Waals surface area contributed by atoms with Gasteiger partial charge < -0.3 is 21.1 Å². The number of aliphatic carboxylic acids is 1. The Labute approximate surface area is 216 Å². The Hall–Kier alpha value is -3.92. The molecule has 1 aliphatic carbocycles. The van der Waals surface area contributed by atoms with Crippen LogP contribution >= 0.6 is 11.6 Å². The summed E-state index contributed by atoms with van der Waals surface area (Å²) in [5, 5.41) is 12.4. The van der Waals surface area contributed by atoms with Crippen molar-refractivity contribution < 1.29 is 28.7 Å². The molecule has 3 atom stereocenters. The molecule has 37 heavy (non-hydrogen) atoms. The molecule has 2 aliphatic rings. The van der Waals surface area contributed by atoms with Gasteiger partial charge in [-0.15, -0.1) is 0 Å². The Morgan fingerprint density at radius 2 is 1.89 bits per heavy atom. The van der Waals surface area contributed by atoms with Gasteiger partial charge in [0.1, 0.15) is 11.9 Å². The molecule has 192 valence electrons. The van der Waals surface area contributed by atoms with Gasteiger partial charge in [-0.25, -0.2) is 9.18 Å². The number of halogens is 2. The number of carboxylic acids is 1. The van der Waals surface area contributed by atoms with Crippen LogP contribution in [0.3, 0.4) is 0 Å². The molecule has 0 radical (unpaired) electrons. The summed E-state index contributed by atoms with van der Waals surface area (Å²) in [6, 6.07) is 7.97. The summed E-state index contributed by atoms with van der Waals surface area (Å²) in [5.41, 5.74) is 7.22. The summed E-state index contributed by atoms with van der Waals surface area (Å²) < 4.78 is 15.4. The molecule has 5 rings (SSSR count). The number of fused-ring (bicyclic) bond motifs is 2. The van der Waals surface area contributed by atoms with Crippen LogP contribution in [0.4, 0.5) is 9.18 Å². The summed E-state index contributed by atoms with van der Waals surface area (Å²) in [4.78, 5) is 51.2. The van der Waals surface area contributed by atoms with Gasteiger partial charge in [-0.1, -0.05) is 35.9 Å². The van der Waals surface area contributed by atoms with Gasteiger partial charge in [0.2, 0.25) is 11.8 Å². The fraction of sp³-hybridized carbons (Fsp3) is 0.308. The number of carboxylic acid groups (broad SMARTS) is 1. The number of benzene rings is 2. The number of primary amides is 1. The number of aromatic nitrogens is 1. The number of hydrogen-bond donors (Lipinski definition) is 3. The summed E-state index contributed by atoms with van der Waals surface area (Å²) in [7, 11) is 0. The first-order valence-corrected chi connectivity index (χ1v) is 12.2. The Bertz CT molecular complexity index is 1450. The van der Waals surface area contributed by atoms with Gasteiger partial charge in [-0.3, -0.25) is 19.0 Å². The van der Waals surface area contributed by atoms with Crippen LogP contribution in [0.15, 0.2) is 42.6 Å². The average Bonchev–Trinajstić information content (AvgIpc) is 3.35. The second-order valence-corrected chi connectivity index (χ2v) is 9.91. The molecule has 4 N–H and O–H groups in total. The Kier molecular flexibility index (Phi) is 6.36. The van der Waals surface area contributed by atoms with Crippen molar-refractivity contribution in [3.63, 3.8) is 0 Å². The van der Waals surface area contributed by atoms with Crippen molar-refractivity contribution in [3.8, 4) is 0 Å². The van der Waals surface area contributed by atoms with E-state index in [1.165, 1.54) is 22.9 Å². The SMILES string of the molecule is NC(=O)n1cc(CC(=O)N2[C@@H]3C[C@@H]3C[C@H]2C(=O)NCc2cccc(Cl)c2F)c2ccc(CC(=O)O)cc21. The number of hydrogen-bond acceptors (Lipinski definition) is 4. The van der Waals surface area contributed by atoms with Crippen LogP contribution in [-0.4, -0.2) is 50.5 Å². The largest absolute Gasteiger partial charge is 0.481 e. The first kappa shape index (κ1) is 24.8. The van der Waals surface area contributed by atoms with E-state index in [4.69, 9.17) is 22.4 Å². The second kappa shape index (κ2) is 9.51. The molecule has 0 unspecified atom stereocenters. The molecule has 2 aromatic carbocycles. The lowest BCUT2D eigenvalue weighted by Crippen LogP contribution is -2.48. The lowest BCUT2D eigenvalue weighted by molar-refractivity contribution is -0.139. The van der Waals surface area contributed by atoms with E-state index in [0.29, 0.717) is 28.5 Å². The van der Waals surface area contributed by atoms with Crippen LogP contribution in [0.5, 0.6) is 0 Å². The minimum Gasteiger partial charge on any atom is -0.481 e. The zero-order valence-corrected chi connectivity index (χ0v) is 20.4. The highest BCUT2D eigenvalue weighted by Gasteiger charge is 2.55. The van der Waals surface area contributed by atoms with Gasteiger partial charge in [0.15, 0.2) is 0 Å². The fourth-order valence-corrected chi connectivity index (χ4v) is 5.43. The molecule has 2 heterocycles. The van der Waals surface area contributed by atoms with Gasteiger partial charge in [-0.05, 0) is 42.0 Å². The van der Waals surface area contributed by atoms with E-state index in [1.807, 2.05) is 0 Å². The lowest BCUT2D eigenvalue weighted by Gasteiger charge is -2.27. The van der Waals surface area contributed by atoms with Crippen molar-refractivity contribution in [2.45, 2.75) is 44.3 Å². The number of nitrogens with two attached hydrogens (primary N) is 1. The first-order chi connectivity index (χ1) is 17.6. The number of nitrogens with one attached hydrogen (secondary N) is 1. The van der Waals surface area contributed by atoms with Crippen molar-refractivity contribution in [3.05, 3.63) is 70.1 Å². The fourth-order valence-electron chi connectivity index (χ4n) is 5.24. The van der Waals surface area contributed by atoms with Crippen LogP contribution in [0.1, 0.15) is 29.5 Å². The molecular weight excluding hydrogens is 503 g/mol. The maximum atomic E-state index is 14.2. The summed E-state index contributed by atoms with van der Waals surface area (Å²) in [6.07, 6.45) is 2.54. The van der Waals surface area contributed by atoms with Crippen molar-refractivity contribution in [1.29, 1.82) is 0 Å². The van der Waals surface area contributed by atoms with E-state index >= 15 is 0 Å². The quantitative estimate of drug-likeness (QED) is 0.435. The standard InChI is InChI=1S/C26H24ClFN4O5/c27-18-3-1-2-14(24(18)28)11-30-25(36)21-9-15-8-19(15)32(21)22(33)10-16-12-31(26(29)37)20-6-13(7-23(34)35)4-5-17(16)20/h1-6,12,15,19,21H,7-11H2,(H2,29,37)(H,30,36)(H,34,35)/t15-,19-,21+/m1/s1. The Balaban J connectivity index is 1.34. The number of rotatable bonds is 7. The maximum Gasteiger partial charge on any atom is 0.323 e. The lowest BCUT2D eigenvalue weighted by atomic mass is 10.1. The third-order valence-electron chi connectivity index (χ3n) is 7.07. The topological polar surface area (TPSA) is 135 Å². The minimum absolute atomic E-state index is 0.0298. The third kappa shape index (κ3) is 4.76. The smallest absolute Gasteiger partial charge is 0.323 e. The molecule has 2 fully saturated rings. The van der Waals surface area contributed by atoms with E-state index in [-0.39, 0.29) is 53.7 Å². The van der Waals surface area contributed by atoms with E-state index in [1.54, 1.807) is 29.2 Å². The van der Waals surface area contributed by atoms with Gasteiger partial charge >= 0.3 is 12.0 Å². The monoisotopic (exact) mass is 526 g/mol. The van der Waals surface area contributed by atoms with Crippen LogP contribution in [0.25, 0.3) is 10.9 Å². The molecule has 3 aromatic rings. The molecule has 0 spiro atoms. The van der Waals surface area contributed by atoms with Gasteiger partial charge in [0.05, 0.1) is 23.4 Å². The average molecular weight is 527 g/mol. The highest BCUT2D eigenvalue weighted by Crippen LogP contribution is 2.48. The zero-order chi connectivity index (χ0) is 26.4. The number of carbonyl (C=O) groups excluding carboxylic acids is 3. The number of amides is 3. The van der Waals surface area contributed by atoms with Gasteiger partial charge in [0, 0.05) is 29.7 Å². The normalized spacial score (nSPS) is 20.1. The van der Waals surface area contributed by atoms with Crippen molar-refractivity contribution in [2.75, 3.05) is 0 Å². The highest BCUT2D eigenvalue weighted by atomic mass is 35.5. The molecule has 1 aliphatic heterocycles. The molecule has 1 aromatic heterocycles. The van der Waals surface area contributed by atoms with Crippen molar-refractivity contribution >= 4 is 46.3 Å². The van der Waals surface area contributed by atoms with Crippen LogP contribution in [-0.2, 0) is 33.8 Å². The summed E-state index contributed by atoms with van der Waals surface area (Å²) in [5.74, 6) is -1.99. The Morgan fingerprint density at radius 1 is 1.11 bits per heavy atom. The molecule has 1 saturated heterocycles. The molecule has 9 nitrogen and oxygen atoms in total. The van der Waals surface area contributed by atoms with Crippen molar-refractivity contribution in [1.82, 2.24) is 14.8 Å². The maximum absolute atomic E-state index is 14.2. The predicted molar refractivity (Wildman–Crippen MR) is 132 cm³/mol. The van der Waals surface area contributed by atoms with Crippen LogP contribution in [0, 0.1) is 11.7 Å². The van der Waals surface area contributed by atoms with Crippen LogP contribution < -0.4 is 11.1 Å². The van der Waals surface area contributed by atoms with E-state index in [2.05, 4.69) is 5.32 Å². The predicted octanol–water partition coefficient (Wildman–Crippen LogP) is 2.84. The van der Waals surface area contributed by atoms with E-state index in [0.717, 1.165) is 6.42 Å². The third-order valence-corrected chi connectivity index (χ3v) is 7.36. The van der Waals surface area contributed by atoms with Gasteiger partial charge in [-0.2, -0.15) is 0 Å². The van der Waals surface area contributed by atoms with Crippen molar-refractivity contribution in [2.24, 2.45) is 11.7 Å².